The Labute approximate surface area is 141 Å². The summed E-state index contributed by atoms with van der Waals surface area (Å²) in [5.74, 6) is 1.82. The van der Waals surface area contributed by atoms with Gasteiger partial charge in [0.05, 0.1) is 6.20 Å². The monoisotopic (exact) mass is 334 g/mol. The van der Waals surface area contributed by atoms with Crippen molar-refractivity contribution in [1.29, 1.82) is 0 Å². The Kier molecular flexibility index (Phi) is 5.54. The van der Waals surface area contributed by atoms with Crippen molar-refractivity contribution < 1.29 is 5.11 Å². The van der Waals surface area contributed by atoms with Gasteiger partial charge in [0.15, 0.2) is 0 Å². The predicted octanol–water partition coefficient (Wildman–Crippen LogP) is 2.02. The Morgan fingerprint density at radius 3 is 2.96 bits per heavy atom. The van der Waals surface area contributed by atoms with E-state index in [-0.39, 0.29) is 12.5 Å². The molecule has 6 heteroatoms. The van der Waals surface area contributed by atoms with Gasteiger partial charge in [0.2, 0.25) is 0 Å². The van der Waals surface area contributed by atoms with Crippen LogP contribution in [0.1, 0.15) is 5.56 Å². The molecule has 1 aromatic heterocycles. The number of anilines is 1. The minimum atomic E-state index is 0.182. The summed E-state index contributed by atoms with van der Waals surface area (Å²) in [6.07, 6.45) is 2.68. The largest absolute Gasteiger partial charge is 0.396 e. The van der Waals surface area contributed by atoms with Crippen molar-refractivity contribution in [3.05, 3.63) is 47.1 Å². The molecular formula is C17H23ClN4O. The van der Waals surface area contributed by atoms with E-state index in [1.54, 1.807) is 0 Å². The highest BCUT2D eigenvalue weighted by atomic mass is 35.5. The van der Waals surface area contributed by atoms with Crippen molar-refractivity contribution >= 4 is 17.4 Å². The van der Waals surface area contributed by atoms with Gasteiger partial charge in [-0.1, -0.05) is 23.7 Å². The smallest absolute Gasteiger partial charge is 0.124 e. The third-order valence-corrected chi connectivity index (χ3v) is 4.53. The van der Waals surface area contributed by atoms with Crippen molar-refractivity contribution in [2.75, 3.05) is 31.6 Å². The number of halogens is 1. The molecule has 2 heterocycles. The van der Waals surface area contributed by atoms with E-state index in [0.717, 1.165) is 43.4 Å². The van der Waals surface area contributed by atoms with Gasteiger partial charge in [-0.05, 0) is 30.0 Å². The SMILES string of the molecule is OC[C@@H](CNC[C@H]1CNc2ccnn2C1)Cc1ccc(Cl)cc1. The predicted molar refractivity (Wildman–Crippen MR) is 92.8 cm³/mol. The molecule has 2 aromatic rings. The zero-order valence-electron chi connectivity index (χ0n) is 13.1. The van der Waals surface area contributed by atoms with Crippen molar-refractivity contribution in [3.63, 3.8) is 0 Å². The molecule has 0 bridgehead atoms. The average molecular weight is 335 g/mol. The lowest BCUT2D eigenvalue weighted by molar-refractivity contribution is 0.219. The van der Waals surface area contributed by atoms with E-state index in [4.69, 9.17) is 11.6 Å². The molecule has 0 aliphatic carbocycles. The van der Waals surface area contributed by atoms with Gasteiger partial charge in [-0.3, -0.25) is 0 Å². The molecule has 1 aliphatic rings. The topological polar surface area (TPSA) is 62.1 Å². The molecule has 1 aromatic carbocycles. The van der Waals surface area contributed by atoms with Crippen molar-refractivity contribution in [2.24, 2.45) is 11.8 Å². The molecular weight excluding hydrogens is 312 g/mol. The van der Waals surface area contributed by atoms with Crippen LogP contribution in [0, 0.1) is 11.8 Å². The standard InChI is InChI=1S/C17H23ClN4O/c18-16-3-1-13(2-4-16)7-14(12-23)8-19-9-15-10-20-17-5-6-21-22(17)11-15/h1-6,14-15,19-20,23H,7-12H2/t14-,15+/m1/s1. The third kappa shape index (κ3) is 4.47. The quantitative estimate of drug-likeness (QED) is 0.725. The number of aliphatic hydroxyl groups excluding tert-OH is 1. The molecule has 0 unspecified atom stereocenters. The molecule has 2 atom stereocenters. The minimum absolute atomic E-state index is 0.182. The Morgan fingerprint density at radius 1 is 1.35 bits per heavy atom. The first-order valence-corrected chi connectivity index (χ1v) is 8.44. The highest BCUT2D eigenvalue weighted by molar-refractivity contribution is 6.30. The average Bonchev–Trinajstić information content (AvgIpc) is 3.03. The van der Waals surface area contributed by atoms with Gasteiger partial charge >= 0.3 is 0 Å². The van der Waals surface area contributed by atoms with Crippen LogP contribution >= 0.6 is 11.6 Å². The van der Waals surface area contributed by atoms with Crippen molar-refractivity contribution in [2.45, 2.75) is 13.0 Å². The molecule has 0 spiro atoms. The fourth-order valence-corrected chi connectivity index (χ4v) is 3.10. The van der Waals surface area contributed by atoms with Crippen LogP contribution in [0.4, 0.5) is 5.82 Å². The summed E-state index contributed by atoms with van der Waals surface area (Å²) in [6, 6.07) is 9.84. The molecule has 0 fully saturated rings. The molecule has 124 valence electrons. The first-order valence-electron chi connectivity index (χ1n) is 8.06. The molecule has 0 saturated heterocycles. The number of hydrogen-bond donors (Lipinski definition) is 3. The number of hydrogen-bond acceptors (Lipinski definition) is 4. The molecule has 3 rings (SSSR count). The zero-order chi connectivity index (χ0) is 16.1. The third-order valence-electron chi connectivity index (χ3n) is 4.28. The second kappa shape index (κ2) is 7.81. The van der Waals surface area contributed by atoms with Crippen molar-refractivity contribution in [1.82, 2.24) is 15.1 Å². The maximum Gasteiger partial charge on any atom is 0.124 e. The molecule has 0 radical (unpaired) electrons. The van der Waals surface area contributed by atoms with Gasteiger partial charge in [-0.2, -0.15) is 5.10 Å². The first-order chi connectivity index (χ1) is 11.2. The Balaban J connectivity index is 1.43. The number of benzene rings is 1. The lowest BCUT2D eigenvalue weighted by Gasteiger charge is -2.26. The normalized spacial score (nSPS) is 18.3. The van der Waals surface area contributed by atoms with Crippen LogP contribution < -0.4 is 10.6 Å². The van der Waals surface area contributed by atoms with Gasteiger partial charge < -0.3 is 15.7 Å². The highest BCUT2D eigenvalue weighted by Crippen LogP contribution is 2.16. The van der Waals surface area contributed by atoms with E-state index >= 15 is 0 Å². The van der Waals surface area contributed by atoms with Crippen LogP contribution in [0.2, 0.25) is 5.02 Å². The summed E-state index contributed by atoms with van der Waals surface area (Å²) in [6.45, 7) is 3.80. The summed E-state index contributed by atoms with van der Waals surface area (Å²) < 4.78 is 2.01. The molecule has 23 heavy (non-hydrogen) atoms. The van der Waals surface area contributed by atoms with Crippen molar-refractivity contribution in [3.8, 4) is 0 Å². The number of rotatable bonds is 7. The Morgan fingerprint density at radius 2 is 2.17 bits per heavy atom. The second-order valence-electron chi connectivity index (χ2n) is 6.18. The van der Waals surface area contributed by atoms with E-state index in [0.29, 0.717) is 5.92 Å². The minimum Gasteiger partial charge on any atom is -0.396 e. The van der Waals surface area contributed by atoms with Crippen LogP contribution in [0.3, 0.4) is 0 Å². The van der Waals surface area contributed by atoms with Gasteiger partial charge in [-0.15, -0.1) is 0 Å². The first kappa shape index (κ1) is 16.3. The van der Waals surface area contributed by atoms with Crippen LogP contribution in [0.25, 0.3) is 0 Å². The number of fused-ring (bicyclic) bond motifs is 1. The summed E-state index contributed by atoms with van der Waals surface area (Å²) >= 11 is 5.90. The Hall–Kier alpha value is -1.56. The van der Waals surface area contributed by atoms with Gasteiger partial charge in [0.1, 0.15) is 5.82 Å². The summed E-state index contributed by atoms with van der Waals surface area (Å²) in [5.41, 5.74) is 1.20. The summed E-state index contributed by atoms with van der Waals surface area (Å²) in [5, 5.41) is 21.5. The number of nitrogens with one attached hydrogen (secondary N) is 2. The zero-order valence-corrected chi connectivity index (χ0v) is 13.8. The molecule has 1 aliphatic heterocycles. The number of aromatic nitrogens is 2. The summed E-state index contributed by atoms with van der Waals surface area (Å²) in [7, 11) is 0. The van der Waals surface area contributed by atoms with E-state index in [9.17, 15) is 5.11 Å². The van der Waals surface area contributed by atoms with E-state index in [2.05, 4.69) is 15.7 Å². The van der Waals surface area contributed by atoms with Gasteiger partial charge in [0, 0.05) is 49.8 Å². The van der Waals surface area contributed by atoms with Gasteiger partial charge in [-0.25, -0.2) is 4.68 Å². The Bertz CT molecular complexity index is 613. The maximum absolute atomic E-state index is 9.59. The van der Waals surface area contributed by atoms with Crippen LogP contribution in [0.15, 0.2) is 36.5 Å². The highest BCUT2D eigenvalue weighted by Gasteiger charge is 2.18. The number of nitrogens with zero attached hydrogens (tertiary/aromatic N) is 2. The number of aliphatic hydroxyl groups is 1. The fourth-order valence-electron chi connectivity index (χ4n) is 2.97. The molecule has 0 amide bonds. The van der Waals surface area contributed by atoms with Crippen LogP contribution in [-0.2, 0) is 13.0 Å². The molecule has 5 nitrogen and oxygen atoms in total. The second-order valence-corrected chi connectivity index (χ2v) is 6.62. The lowest BCUT2D eigenvalue weighted by Crippen LogP contribution is -2.37. The lowest BCUT2D eigenvalue weighted by atomic mass is 9.99. The van der Waals surface area contributed by atoms with E-state index in [1.807, 2.05) is 41.2 Å². The summed E-state index contributed by atoms with van der Waals surface area (Å²) in [4.78, 5) is 0. The fraction of sp³-hybridized carbons (Fsp3) is 0.471. The molecule has 0 saturated carbocycles. The van der Waals surface area contributed by atoms with Gasteiger partial charge in [0.25, 0.3) is 0 Å². The van der Waals surface area contributed by atoms with Crippen LogP contribution in [-0.4, -0.2) is 41.1 Å². The van der Waals surface area contributed by atoms with E-state index < -0.39 is 0 Å². The maximum atomic E-state index is 9.59. The molecule has 3 N–H and O–H groups in total. The van der Waals surface area contributed by atoms with E-state index in [1.165, 1.54) is 5.56 Å². The van der Waals surface area contributed by atoms with Crippen LogP contribution in [0.5, 0.6) is 0 Å².